The van der Waals surface area contributed by atoms with E-state index in [1.165, 1.54) is 83.8 Å². The Morgan fingerprint density at radius 1 is 0.458 bits per heavy atom. The van der Waals surface area contributed by atoms with E-state index in [0.29, 0.717) is 0 Å². The average Bonchev–Trinajstić information content (AvgIpc) is 3.90. The maximum Gasteiger partial charge on any atom is 0.252 e. The maximum absolute atomic E-state index is 6.38. The number of hydrogen-bond acceptors (Lipinski definition) is 4. The predicted molar refractivity (Wildman–Crippen MR) is 304 cm³/mol. The third-order valence-electron chi connectivity index (χ3n) is 15.8. The molecule has 10 aromatic carbocycles. The van der Waals surface area contributed by atoms with Crippen LogP contribution in [0, 0.1) is 0 Å². The topological polar surface area (TPSA) is 22.9 Å². The highest BCUT2D eigenvalue weighted by molar-refractivity contribution is 7.00. The first-order chi connectivity index (χ1) is 35.1. The number of hydrogen-bond donors (Lipinski definition) is 0. The Hall–Kier alpha value is -8.54. The summed E-state index contributed by atoms with van der Waals surface area (Å²) in [5.74, 6) is 0. The fourth-order valence-electron chi connectivity index (χ4n) is 12.4. The van der Waals surface area contributed by atoms with Crippen LogP contribution in [0.4, 0.5) is 51.2 Å². The van der Waals surface area contributed by atoms with Gasteiger partial charge in [-0.05, 0) is 135 Å². The average molecular weight is 926 g/mol. The van der Waals surface area contributed by atoms with E-state index < -0.39 is 0 Å². The first-order valence-electron chi connectivity index (χ1n) is 25.3. The number of benzene rings is 10. The first kappa shape index (κ1) is 42.4. The summed E-state index contributed by atoms with van der Waals surface area (Å²) in [7, 11) is 0. The van der Waals surface area contributed by atoms with Gasteiger partial charge >= 0.3 is 0 Å². The summed E-state index contributed by atoms with van der Waals surface area (Å²) >= 11 is 0. The molecule has 0 saturated heterocycles. The molecule has 344 valence electrons. The molecule has 0 amide bonds. The molecule has 0 fully saturated rings. The minimum Gasteiger partial charge on any atom is -0.456 e. The van der Waals surface area contributed by atoms with Gasteiger partial charge < -0.3 is 19.1 Å². The summed E-state index contributed by atoms with van der Waals surface area (Å²) < 4.78 is 6.38. The van der Waals surface area contributed by atoms with Gasteiger partial charge in [0.1, 0.15) is 11.2 Å². The Morgan fingerprint density at radius 3 is 1.94 bits per heavy atom. The largest absolute Gasteiger partial charge is 0.456 e. The Labute approximate surface area is 422 Å². The fourth-order valence-corrected chi connectivity index (χ4v) is 12.4. The van der Waals surface area contributed by atoms with E-state index in [-0.39, 0.29) is 17.5 Å². The summed E-state index contributed by atoms with van der Waals surface area (Å²) in [5.41, 5.74) is 24.7. The van der Waals surface area contributed by atoms with Gasteiger partial charge in [-0.1, -0.05) is 174 Å². The van der Waals surface area contributed by atoms with Crippen molar-refractivity contribution in [1.29, 1.82) is 0 Å². The highest BCUT2D eigenvalue weighted by atomic mass is 16.3. The van der Waals surface area contributed by atoms with E-state index >= 15 is 0 Å². The van der Waals surface area contributed by atoms with Crippen molar-refractivity contribution in [3.05, 3.63) is 241 Å². The van der Waals surface area contributed by atoms with Crippen LogP contribution in [0.15, 0.2) is 229 Å². The van der Waals surface area contributed by atoms with Gasteiger partial charge in [0.05, 0.1) is 11.4 Å². The molecule has 72 heavy (non-hydrogen) atoms. The molecule has 3 heterocycles. The molecule has 0 radical (unpaired) electrons. The van der Waals surface area contributed by atoms with Crippen LogP contribution in [0.2, 0.25) is 0 Å². The normalized spacial score (nSPS) is 13.9. The Balaban J connectivity index is 1.05. The number of nitrogens with zero attached hydrogens (tertiary/aromatic N) is 3. The summed E-state index contributed by atoms with van der Waals surface area (Å²) in [6.45, 7) is 11.6. The second kappa shape index (κ2) is 15.7. The van der Waals surface area contributed by atoms with E-state index in [0.717, 1.165) is 44.7 Å². The lowest BCUT2D eigenvalue weighted by molar-refractivity contribution is 0.590. The van der Waals surface area contributed by atoms with Crippen LogP contribution < -0.4 is 31.1 Å². The van der Waals surface area contributed by atoms with Crippen molar-refractivity contribution in [2.45, 2.75) is 45.4 Å². The van der Waals surface area contributed by atoms with Crippen LogP contribution in [0.5, 0.6) is 0 Å². The predicted octanol–water partition coefficient (Wildman–Crippen LogP) is 16.4. The van der Waals surface area contributed by atoms with Gasteiger partial charge in [0.2, 0.25) is 0 Å². The Bertz CT molecular complexity index is 3980. The van der Waals surface area contributed by atoms with E-state index in [9.17, 15) is 0 Å². The fraction of sp³-hybridized carbons (Fsp3) is 0.104. The summed E-state index contributed by atoms with van der Waals surface area (Å²) in [4.78, 5) is 7.56. The van der Waals surface area contributed by atoms with Crippen LogP contribution in [0.25, 0.3) is 44.2 Å². The monoisotopic (exact) mass is 925 g/mol. The molecule has 0 saturated carbocycles. The molecular formula is C67H52BN3O. The van der Waals surface area contributed by atoms with E-state index in [2.05, 4.69) is 268 Å². The molecule has 3 aliphatic rings. The third-order valence-corrected chi connectivity index (χ3v) is 15.8. The lowest BCUT2D eigenvalue weighted by Gasteiger charge is -2.44. The van der Waals surface area contributed by atoms with E-state index in [4.69, 9.17) is 4.42 Å². The lowest BCUT2D eigenvalue weighted by atomic mass is 9.33. The second-order valence-corrected chi connectivity index (χ2v) is 21.3. The molecule has 2 aliphatic heterocycles. The molecular weight excluding hydrogens is 874 g/mol. The minimum absolute atomic E-state index is 0.0341. The van der Waals surface area contributed by atoms with Gasteiger partial charge in [0.15, 0.2) is 0 Å². The van der Waals surface area contributed by atoms with Gasteiger partial charge in [-0.25, -0.2) is 0 Å². The second-order valence-electron chi connectivity index (χ2n) is 21.3. The zero-order chi connectivity index (χ0) is 48.5. The maximum atomic E-state index is 6.38. The van der Waals surface area contributed by atoms with Crippen molar-refractivity contribution in [1.82, 2.24) is 0 Å². The molecule has 0 N–H and O–H groups in total. The quantitative estimate of drug-likeness (QED) is 0.155. The zero-order valence-corrected chi connectivity index (χ0v) is 41.2. The molecule has 0 unspecified atom stereocenters. The molecule has 1 aliphatic carbocycles. The van der Waals surface area contributed by atoms with Gasteiger partial charge in [-0.3, -0.25) is 0 Å². The van der Waals surface area contributed by atoms with Crippen LogP contribution in [0.3, 0.4) is 0 Å². The van der Waals surface area contributed by atoms with Crippen LogP contribution in [0.1, 0.15) is 51.3 Å². The smallest absolute Gasteiger partial charge is 0.252 e. The zero-order valence-electron chi connectivity index (χ0n) is 41.2. The van der Waals surface area contributed by atoms with E-state index in [1.807, 2.05) is 6.07 Å². The molecule has 1 aromatic heterocycles. The van der Waals surface area contributed by atoms with Gasteiger partial charge in [-0.15, -0.1) is 0 Å². The first-order valence-corrected chi connectivity index (χ1v) is 25.3. The molecule has 11 aromatic rings. The highest BCUT2D eigenvalue weighted by Crippen LogP contribution is 2.56. The molecule has 14 rings (SSSR count). The van der Waals surface area contributed by atoms with Crippen molar-refractivity contribution in [2.75, 3.05) is 14.7 Å². The van der Waals surface area contributed by atoms with E-state index in [1.54, 1.807) is 0 Å². The van der Waals surface area contributed by atoms with Crippen LogP contribution in [-0.2, 0) is 10.8 Å². The van der Waals surface area contributed by atoms with Gasteiger partial charge in [-0.2, -0.15) is 0 Å². The SMILES string of the molecule is CC(C)(C)c1ccc(N(c2ccccc2)c2ccc3c(c2)N(c2cccc4c2-c2ccccc2C4(C)C)c2cccc4c2B3c2ccccc2N4c2ccc3oc4ccccc4c3c2)c(-c2ccccc2)c1. The Morgan fingerprint density at radius 2 is 1.11 bits per heavy atom. The number of furan rings is 1. The number of fused-ring (bicyclic) bond motifs is 10. The van der Waals surface area contributed by atoms with Gasteiger partial charge in [0.25, 0.3) is 6.71 Å². The van der Waals surface area contributed by atoms with Crippen LogP contribution >= 0.6 is 0 Å². The van der Waals surface area contributed by atoms with Crippen LogP contribution in [-0.4, -0.2) is 6.71 Å². The van der Waals surface area contributed by atoms with Crippen molar-refractivity contribution < 1.29 is 4.42 Å². The Kier molecular flexibility index (Phi) is 9.26. The molecule has 5 heteroatoms. The van der Waals surface area contributed by atoms with Crippen molar-refractivity contribution in [3.8, 4) is 22.3 Å². The van der Waals surface area contributed by atoms with Crippen molar-refractivity contribution in [2.24, 2.45) is 0 Å². The molecule has 4 nitrogen and oxygen atoms in total. The summed E-state index contributed by atoms with van der Waals surface area (Å²) in [5, 5.41) is 2.23. The summed E-state index contributed by atoms with van der Waals surface area (Å²) in [6, 6.07) is 83.2. The lowest BCUT2D eigenvalue weighted by Crippen LogP contribution is -2.61. The standard InChI is InChI=1S/C67H52BN3O/c1-66(2,3)44-34-38-56(50(40-44)43-20-8-6-9-21-43)69(45-22-10-7-11-23-45)47-35-37-55-61(42-47)71(58-30-18-27-53-64(58)49-25-12-14-26-52(49)67(53,4)5)60-32-19-31-59-65(60)68(55)54-28-15-16-29-57(54)70(59)46-36-39-63-51(41-46)48-24-13-17-33-62(48)72-63/h6-42H,1-5H3. The molecule has 0 bridgehead atoms. The highest BCUT2D eigenvalue weighted by Gasteiger charge is 2.45. The number of para-hydroxylation sites is 3. The minimum atomic E-state index is -0.177. The van der Waals surface area contributed by atoms with Crippen molar-refractivity contribution in [3.63, 3.8) is 0 Å². The molecule has 0 spiro atoms. The van der Waals surface area contributed by atoms with Gasteiger partial charge in [0, 0.05) is 67.1 Å². The summed E-state index contributed by atoms with van der Waals surface area (Å²) in [6.07, 6.45) is 0. The van der Waals surface area contributed by atoms with Crippen molar-refractivity contribution >= 4 is 96.2 Å². The number of anilines is 9. The number of rotatable bonds is 6. The third kappa shape index (κ3) is 6.26. The molecule has 0 atom stereocenters.